The van der Waals surface area contributed by atoms with Gasteiger partial charge in [-0.25, -0.2) is 0 Å². The molecule has 0 aromatic heterocycles. The molecule has 1 atom stereocenters. The molecular formula is C16H37N4O2+. The lowest BCUT2D eigenvalue weighted by molar-refractivity contribution is -0.890. The fourth-order valence-corrected chi connectivity index (χ4v) is 2.55. The number of nitrogens with one attached hydrogen (secondary N) is 1. The number of rotatable bonds is 14. The highest BCUT2D eigenvalue weighted by Crippen LogP contribution is 2.04. The molecule has 0 amide bonds. The molecule has 0 heterocycles. The van der Waals surface area contributed by atoms with E-state index in [1.807, 2.05) is 7.05 Å². The van der Waals surface area contributed by atoms with Gasteiger partial charge in [0.1, 0.15) is 6.04 Å². The number of carboxylic acid groups (broad SMARTS) is 1. The average molecular weight is 317 g/mol. The molecule has 0 aliphatic rings. The van der Waals surface area contributed by atoms with Crippen molar-refractivity contribution in [3.63, 3.8) is 0 Å². The van der Waals surface area contributed by atoms with Crippen molar-refractivity contribution in [2.75, 3.05) is 60.9 Å². The number of hydrogen-bond donors (Lipinski definition) is 3. The van der Waals surface area contributed by atoms with Gasteiger partial charge in [-0.3, -0.25) is 4.79 Å². The van der Waals surface area contributed by atoms with E-state index in [1.165, 1.54) is 25.9 Å². The lowest BCUT2D eigenvalue weighted by Gasteiger charge is -2.30. The van der Waals surface area contributed by atoms with Crippen molar-refractivity contribution in [3.8, 4) is 0 Å². The molecule has 0 radical (unpaired) electrons. The molecule has 22 heavy (non-hydrogen) atoms. The Morgan fingerprint density at radius 1 is 1.18 bits per heavy atom. The maximum atomic E-state index is 10.6. The maximum Gasteiger partial charge on any atom is 0.320 e. The van der Waals surface area contributed by atoms with Crippen LogP contribution in [0, 0.1) is 0 Å². The number of carboxylic acids is 1. The van der Waals surface area contributed by atoms with Crippen LogP contribution >= 0.6 is 0 Å². The molecule has 0 aliphatic carbocycles. The van der Waals surface area contributed by atoms with E-state index in [0.29, 0.717) is 6.42 Å². The Morgan fingerprint density at radius 3 is 2.36 bits per heavy atom. The third-order valence-corrected chi connectivity index (χ3v) is 4.12. The van der Waals surface area contributed by atoms with E-state index in [4.69, 9.17) is 10.8 Å². The Labute approximate surface area is 136 Å². The highest BCUT2D eigenvalue weighted by Gasteiger charge is 2.14. The van der Waals surface area contributed by atoms with Gasteiger partial charge >= 0.3 is 5.97 Å². The van der Waals surface area contributed by atoms with Gasteiger partial charge in [0.25, 0.3) is 0 Å². The zero-order valence-electron chi connectivity index (χ0n) is 15.0. The Morgan fingerprint density at radius 2 is 1.77 bits per heavy atom. The minimum Gasteiger partial charge on any atom is -0.480 e. The monoisotopic (exact) mass is 317 g/mol. The van der Waals surface area contributed by atoms with Gasteiger partial charge in [-0.1, -0.05) is 6.42 Å². The quantitative estimate of drug-likeness (QED) is 0.323. The molecule has 0 rings (SSSR count). The molecule has 0 aliphatic heterocycles. The number of quaternary nitrogens is 1. The SMILES string of the molecule is CNCCC[N+](C)(C)CCCN(C)CCCCC(N)C(=O)O. The molecule has 1 unspecified atom stereocenters. The van der Waals surface area contributed by atoms with Crippen LogP contribution in [0.3, 0.4) is 0 Å². The molecule has 132 valence electrons. The molecule has 4 N–H and O–H groups in total. The fraction of sp³-hybridized carbons (Fsp3) is 0.938. The van der Waals surface area contributed by atoms with Gasteiger partial charge in [-0.05, 0) is 33.5 Å². The zero-order valence-corrected chi connectivity index (χ0v) is 15.0. The zero-order chi connectivity index (χ0) is 17.0. The predicted octanol–water partition coefficient (Wildman–Crippen LogP) is 0.576. The van der Waals surface area contributed by atoms with Crippen molar-refractivity contribution in [1.82, 2.24) is 10.2 Å². The summed E-state index contributed by atoms with van der Waals surface area (Å²) >= 11 is 0. The fourth-order valence-electron chi connectivity index (χ4n) is 2.55. The maximum absolute atomic E-state index is 10.6. The van der Waals surface area contributed by atoms with E-state index in [2.05, 4.69) is 31.4 Å². The molecule has 0 saturated heterocycles. The van der Waals surface area contributed by atoms with Crippen LogP contribution in [0.25, 0.3) is 0 Å². The van der Waals surface area contributed by atoms with E-state index in [-0.39, 0.29) is 0 Å². The van der Waals surface area contributed by atoms with Crippen molar-refractivity contribution in [2.24, 2.45) is 5.73 Å². The van der Waals surface area contributed by atoms with Crippen molar-refractivity contribution >= 4 is 5.97 Å². The number of unbranched alkanes of at least 4 members (excludes halogenated alkanes) is 1. The number of hydrogen-bond acceptors (Lipinski definition) is 4. The summed E-state index contributed by atoms with van der Waals surface area (Å²) in [6.07, 6.45) is 4.86. The van der Waals surface area contributed by atoms with Crippen LogP contribution in [-0.4, -0.2) is 87.4 Å². The molecule has 0 aromatic rings. The number of nitrogens with two attached hydrogens (primary N) is 1. The number of nitrogens with zero attached hydrogens (tertiary/aromatic N) is 2. The standard InChI is InChI=1S/C16H36N4O2/c1-18-10-7-13-20(3,4)14-8-12-19(2)11-6-5-9-15(17)16(21)22/h15,18H,5-14,17H2,1-4H3/p+1. The van der Waals surface area contributed by atoms with Crippen molar-refractivity contribution in [3.05, 3.63) is 0 Å². The Balaban J connectivity index is 3.64. The molecule has 0 fully saturated rings. The van der Waals surface area contributed by atoms with Gasteiger partial charge in [0, 0.05) is 25.9 Å². The minimum absolute atomic E-state index is 0.568. The van der Waals surface area contributed by atoms with Gasteiger partial charge in [-0.15, -0.1) is 0 Å². The van der Waals surface area contributed by atoms with Crippen LogP contribution in [0.4, 0.5) is 0 Å². The van der Waals surface area contributed by atoms with E-state index < -0.39 is 12.0 Å². The van der Waals surface area contributed by atoms with Crippen LogP contribution in [-0.2, 0) is 4.79 Å². The van der Waals surface area contributed by atoms with Gasteiger partial charge < -0.3 is 25.5 Å². The average Bonchev–Trinajstić information content (AvgIpc) is 2.43. The summed E-state index contributed by atoms with van der Waals surface area (Å²) in [5.74, 6) is -0.897. The molecule has 0 bridgehead atoms. The topological polar surface area (TPSA) is 78.6 Å². The Bertz CT molecular complexity index is 298. The van der Waals surface area contributed by atoms with E-state index in [1.54, 1.807) is 0 Å². The second-order valence-corrected chi connectivity index (χ2v) is 6.94. The van der Waals surface area contributed by atoms with Gasteiger partial charge in [0.2, 0.25) is 0 Å². The molecule has 0 aromatic carbocycles. The van der Waals surface area contributed by atoms with Crippen LogP contribution in [0.5, 0.6) is 0 Å². The molecular weight excluding hydrogens is 280 g/mol. The first kappa shape index (κ1) is 21.3. The smallest absolute Gasteiger partial charge is 0.320 e. The highest BCUT2D eigenvalue weighted by atomic mass is 16.4. The lowest BCUT2D eigenvalue weighted by Crippen LogP contribution is -2.43. The molecule has 6 nitrogen and oxygen atoms in total. The largest absolute Gasteiger partial charge is 0.480 e. The van der Waals surface area contributed by atoms with Crippen LogP contribution < -0.4 is 11.1 Å². The van der Waals surface area contributed by atoms with Crippen molar-refractivity contribution in [2.45, 2.75) is 38.1 Å². The first-order valence-corrected chi connectivity index (χ1v) is 8.42. The summed E-state index contributed by atoms with van der Waals surface area (Å²) in [4.78, 5) is 12.9. The van der Waals surface area contributed by atoms with Gasteiger partial charge in [-0.2, -0.15) is 0 Å². The first-order valence-electron chi connectivity index (χ1n) is 8.42. The van der Waals surface area contributed by atoms with Crippen LogP contribution in [0.1, 0.15) is 32.1 Å². The second-order valence-electron chi connectivity index (χ2n) is 6.94. The predicted molar refractivity (Wildman–Crippen MR) is 92.0 cm³/mol. The summed E-state index contributed by atoms with van der Waals surface area (Å²) in [5.41, 5.74) is 5.49. The van der Waals surface area contributed by atoms with Gasteiger partial charge in [0.15, 0.2) is 0 Å². The molecule has 0 spiro atoms. The third-order valence-electron chi connectivity index (χ3n) is 4.12. The molecule has 0 saturated carbocycles. The molecule has 6 heteroatoms. The summed E-state index contributed by atoms with van der Waals surface area (Å²) in [6, 6.07) is -0.707. The Kier molecular flexibility index (Phi) is 11.5. The van der Waals surface area contributed by atoms with Crippen molar-refractivity contribution in [1.29, 1.82) is 0 Å². The highest BCUT2D eigenvalue weighted by molar-refractivity contribution is 5.72. The van der Waals surface area contributed by atoms with Crippen LogP contribution in [0.2, 0.25) is 0 Å². The summed E-state index contributed by atoms with van der Waals surface area (Å²) in [5, 5.41) is 11.9. The minimum atomic E-state index is -0.897. The van der Waals surface area contributed by atoms with Crippen LogP contribution in [0.15, 0.2) is 0 Å². The lowest BCUT2D eigenvalue weighted by atomic mass is 10.1. The summed E-state index contributed by atoms with van der Waals surface area (Å²) < 4.78 is 1.07. The van der Waals surface area contributed by atoms with Crippen molar-refractivity contribution < 1.29 is 14.4 Å². The summed E-state index contributed by atoms with van der Waals surface area (Å²) in [6.45, 7) is 5.59. The second kappa shape index (κ2) is 11.8. The van der Waals surface area contributed by atoms with Gasteiger partial charge in [0.05, 0.1) is 27.2 Å². The Hall–Kier alpha value is -0.690. The van der Waals surface area contributed by atoms with E-state index in [0.717, 1.165) is 37.0 Å². The normalized spacial score (nSPS) is 13.5. The third kappa shape index (κ3) is 11.9. The summed E-state index contributed by atoms with van der Waals surface area (Å²) in [7, 11) is 8.72. The number of aliphatic carboxylic acids is 1. The first-order chi connectivity index (χ1) is 10.3. The van der Waals surface area contributed by atoms with E-state index in [9.17, 15) is 4.79 Å². The number of carbonyl (C=O) groups is 1. The van der Waals surface area contributed by atoms with E-state index >= 15 is 0 Å².